The first-order valence-electron chi connectivity index (χ1n) is 7.64. The number of nitrogens with one attached hydrogen (secondary N) is 1. The average Bonchev–Trinajstić information content (AvgIpc) is 2.95. The summed E-state index contributed by atoms with van der Waals surface area (Å²) in [5, 5.41) is 2.90. The molecule has 0 unspecified atom stereocenters. The van der Waals surface area contributed by atoms with Crippen molar-refractivity contribution in [3.05, 3.63) is 53.6 Å². The van der Waals surface area contributed by atoms with E-state index in [0.29, 0.717) is 12.2 Å². The highest BCUT2D eigenvalue weighted by Gasteiger charge is 2.17. The maximum atomic E-state index is 11.9. The summed E-state index contributed by atoms with van der Waals surface area (Å²) in [4.78, 5) is 22.5. The third kappa shape index (κ3) is 3.24. The van der Waals surface area contributed by atoms with Gasteiger partial charge in [0, 0.05) is 31.5 Å². The minimum Gasteiger partial charge on any atom is -0.371 e. The predicted molar refractivity (Wildman–Crippen MR) is 86.1 cm³/mol. The monoisotopic (exact) mass is 296 g/mol. The number of aryl methyl sites for hydroxylation is 1. The Kier molecular flexibility index (Phi) is 4.32. The molecule has 1 N–H and O–H groups in total. The lowest BCUT2D eigenvalue weighted by molar-refractivity contribution is 0.0948. The second-order valence-corrected chi connectivity index (χ2v) is 5.52. The number of hydrogen-bond donors (Lipinski definition) is 1. The van der Waals surface area contributed by atoms with E-state index in [4.69, 9.17) is 0 Å². The van der Waals surface area contributed by atoms with Gasteiger partial charge in [-0.3, -0.25) is 9.78 Å². The molecule has 1 aliphatic rings. The van der Waals surface area contributed by atoms with Crippen LogP contribution >= 0.6 is 0 Å². The molecule has 114 valence electrons. The van der Waals surface area contributed by atoms with Gasteiger partial charge in [-0.25, -0.2) is 4.98 Å². The molecule has 22 heavy (non-hydrogen) atoms. The third-order valence-electron chi connectivity index (χ3n) is 3.89. The summed E-state index contributed by atoms with van der Waals surface area (Å²) in [5.41, 5.74) is 3.93. The van der Waals surface area contributed by atoms with Crippen molar-refractivity contribution in [1.82, 2.24) is 15.3 Å². The maximum absolute atomic E-state index is 11.9. The molecular formula is C17H20N4O. The van der Waals surface area contributed by atoms with Gasteiger partial charge in [0.05, 0.1) is 11.9 Å². The zero-order valence-electron chi connectivity index (χ0n) is 12.7. The molecule has 0 saturated heterocycles. The molecule has 0 aliphatic carbocycles. The van der Waals surface area contributed by atoms with Crippen molar-refractivity contribution in [3.8, 4) is 0 Å². The van der Waals surface area contributed by atoms with Gasteiger partial charge in [-0.05, 0) is 31.4 Å². The zero-order valence-corrected chi connectivity index (χ0v) is 12.7. The molecule has 1 aromatic carbocycles. The number of fused-ring (bicyclic) bond motifs is 1. The fourth-order valence-electron chi connectivity index (χ4n) is 2.71. The summed E-state index contributed by atoms with van der Waals surface area (Å²) in [6, 6.07) is 8.52. The van der Waals surface area contributed by atoms with Gasteiger partial charge in [0.1, 0.15) is 5.69 Å². The molecule has 1 amide bonds. The number of rotatable bonds is 5. The van der Waals surface area contributed by atoms with Crippen molar-refractivity contribution in [2.45, 2.75) is 19.8 Å². The Balaban J connectivity index is 1.45. The van der Waals surface area contributed by atoms with Crippen molar-refractivity contribution < 1.29 is 4.79 Å². The number of amides is 1. The van der Waals surface area contributed by atoms with E-state index in [2.05, 4.69) is 44.5 Å². The maximum Gasteiger partial charge on any atom is 0.271 e. The number of benzene rings is 1. The van der Waals surface area contributed by atoms with Gasteiger partial charge in [-0.15, -0.1) is 0 Å². The topological polar surface area (TPSA) is 58.1 Å². The number of aromatic nitrogens is 2. The molecule has 0 bridgehead atoms. The van der Waals surface area contributed by atoms with Crippen LogP contribution in [0.4, 0.5) is 5.69 Å². The number of carbonyl (C=O) groups excluding carboxylic acids is 1. The van der Waals surface area contributed by atoms with Crippen molar-refractivity contribution in [2.24, 2.45) is 0 Å². The van der Waals surface area contributed by atoms with Gasteiger partial charge in [0.15, 0.2) is 0 Å². The van der Waals surface area contributed by atoms with Crippen molar-refractivity contribution in [1.29, 1.82) is 0 Å². The largest absolute Gasteiger partial charge is 0.371 e. The van der Waals surface area contributed by atoms with Crippen LogP contribution in [0.25, 0.3) is 0 Å². The number of nitrogens with zero attached hydrogens (tertiary/aromatic N) is 3. The molecule has 5 heteroatoms. The SMILES string of the molecule is Cc1cnc(C(=O)NCCCN2CCc3ccccc32)cn1. The Bertz CT molecular complexity index is 654. The van der Waals surface area contributed by atoms with E-state index in [-0.39, 0.29) is 5.91 Å². The number of anilines is 1. The second-order valence-electron chi connectivity index (χ2n) is 5.52. The lowest BCUT2D eigenvalue weighted by Crippen LogP contribution is -2.29. The summed E-state index contributed by atoms with van der Waals surface area (Å²) < 4.78 is 0. The van der Waals surface area contributed by atoms with E-state index in [1.807, 2.05) is 6.92 Å². The lowest BCUT2D eigenvalue weighted by atomic mass is 10.2. The standard InChI is InChI=1S/C17H20N4O/c1-13-11-20-15(12-19-13)17(22)18-8-4-9-21-10-7-14-5-2-3-6-16(14)21/h2-3,5-6,11-12H,4,7-10H2,1H3,(H,18,22). The third-order valence-corrected chi connectivity index (χ3v) is 3.89. The zero-order chi connectivity index (χ0) is 15.4. The molecule has 1 aromatic heterocycles. The van der Waals surface area contributed by atoms with Crippen LogP contribution in [-0.2, 0) is 6.42 Å². The van der Waals surface area contributed by atoms with E-state index in [1.165, 1.54) is 17.4 Å². The van der Waals surface area contributed by atoms with Crippen LogP contribution in [0.2, 0.25) is 0 Å². The quantitative estimate of drug-likeness (QED) is 0.857. The van der Waals surface area contributed by atoms with Gasteiger partial charge in [0.2, 0.25) is 0 Å². The number of hydrogen-bond acceptors (Lipinski definition) is 4. The van der Waals surface area contributed by atoms with E-state index in [1.54, 1.807) is 6.20 Å². The molecule has 0 saturated carbocycles. The molecule has 1 aliphatic heterocycles. The predicted octanol–water partition coefficient (Wildman–Crippen LogP) is 1.97. The first kappa shape index (κ1) is 14.5. The van der Waals surface area contributed by atoms with Crippen LogP contribution in [0.3, 0.4) is 0 Å². The molecule has 0 fully saturated rings. The first-order chi connectivity index (χ1) is 10.7. The highest BCUT2D eigenvalue weighted by atomic mass is 16.1. The van der Waals surface area contributed by atoms with Gasteiger partial charge in [0.25, 0.3) is 5.91 Å². The van der Waals surface area contributed by atoms with Gasteiger partial charge in [-0.1, -0.05) is 18.2 Å². The molecule has 5 nitrogen and oxygen atoms in total. The summed E-state index contributed by atoms with van der Waals surface area (Å²) >= 11 is 0. The molecule has 0 atom stereocenters. The van der Waals surface area contributed by atoms with E-state index >= 15 is 0 Å². The summed E-state index contributed by atoms with van der Waals surface area (Å²) in [5.74, 6) is -0.158. The summed E-state index contributed by atoms with van der Waals surface area (Å²) in [6.45, 7) is 4.52. The normalized spacial score (nSPS) is 13.0. The van der Waals surface area contributed by atoms with Crippen molar-refractivity contribution in [2.75, 3.05) is 24.5 Å². The Hall–Kier alpha value is -2.43. The lowest BCUT2D eigenvalue weighted by Gasteiger charge is -2.19. The Morgan fingerprint density at radius 2 is 2.14 bits per heavy atom. The molecule has 2 heterocycles. The van der Waals surface area contributed by atoms with Gasteiger partial charge in [-0.2, -0.15) is 0 Å². The molecule has 2 aromatic rings. The van der Waals surface area contributed by atoms with E-state index in [9.17, 15) is 4.79 Å². The highest BCUT2D eigenvalue weighted by molar-refractivity contribution is 5.91. The van der Waals surface area contributed by atoms with Crippen LogP contribution in [0.15, 0.2) is 36.7 Å². The Morgan fingerprint density at radius 3 is 2.95 bits per heavy atom. The molecular weight excluding hydrogens is 276 g/mol. The van der Waals surface area contributed by atoms with Crippen LogP contribution in [0.5, 0.6) is 0 Å². The first-order valence-corrected chi connectivity index (χ1v) is 7.64. The smallest absolute Gasteiger partial charge is 0.271 e. The molecule has 3 rings (SSSR count). The Morgan fingerprint density at radius 1 is 1.27 bits per heavy atom. The molecule has 0 radical (unpaired) electrons. The van der Waals surface area contributed by atoms with E-state index < -0.39 is 0 Å². The number of carbonyl (C=O) groups is 1. The van der Waals surface area contributed by atoms with Gasteiger partial charge < -0.3 is 10.2 Å². The van der Waals surface area contributed by atoms with Gasteiger partial charge >= 0.3 is 0 Å². The fraction of sp³-hybridized carbons (Fsp3) is 0.353. The average molecular weight is 296 g/mol. The number of para-hydroxylation sites is 1. The van der Waals surface area contributed by atoms with Crippen LogP contribution < -0.4 is 10.2 Å². The summed E-state index contributed by atoms with van der Waals surface area (Å²) in [6.07, 6.45) is 5.15. The van der Waals surface area contributed by atoms with Crippen LogP contribution in [0.1, 0.15) is 28.2 Å². The summed E-state index contributed by atoms with van der Waals surface area (Å²) in [7, 11) is 0. The van der Waals surface area contributed by atoms with Crippen molar-refractivity contribution >= 4 is 11.6 Å². The minimum atomic E-state index is -0.158. The van der Waals surface area contributed by atoms with Crippen molar-refractivity contribution in [3.63, 3.8) is 0 Å². The fourth-order valence-corrected chi connectivity index (χ4v) is 2.71. The van der Waals surface area contributed by atoms with Crippen LogP contribution in [0, 0.1) is 6.92 Å². The van der Waals surface area contributed by atoms with Crippen LogP contribution in [-0.4, -0.2) is 35.5 Å². The minimum absolute atomic E-state index is 0.158. The highest BCUT2D eigenvalue weighted by Crippen LogP contribution is 2.27. The second kappa shape index (κ2) is 6.56. The Labute approximate surface area is 130 Å². The molecule has 0 spiro atoms. The van der Waals surface area contributed by atoms with E-state index in [0.717, 1.165) is 31.6 Å².